The van der Waals surface area contributed by atoms with Gasteiger partial charge in [0.15, 0.2) is 5.89 Å². The van der Waals surface area contributed by atoms with Gasteiger partial charge in [0.1, 0.15) is 23.1 Å². The van der Waals surface area contributed by atoms with Crippen molar-refractivity contribution in [2.45, 2.75) is 34.6 Å². The molecule has 0 amide bonds. The van der Waals surface area contributed by atoms with E-state index >= 15 is 0 Å². The molecular weight excluding hydrogens is 267 g/mol. The molecule has 0 atom stereocenters. The van der Waals surface area contributed by atoms with Gasteiger partial charge in [-0.15, -0.1) is 0 Å². The van der Waals surface area contributed by atoms with E-state index in [-0.39, 0.29) is 11.5 Å². The van der Waals surface area contributed by atoms with Gasteiger partial charge in [-0.25, -0.2) is 9.67 Å². The monoisotopic (exact) mass is 282 g/mol. The lowest BCUT2D eigenvalue weighted by atomic mass is 10.2. The fourth-order valence-corrected chi connectivity index (χ4v) is 2.10. The van der Waals surface area contributed by atoms with Crippen LogP contribution in [0.4, 0.5) is 0 Å². The Balaban J connectivity index is 2.73. The van der Waals surface area contributed by atoms with E-state index in [1.165, 1.54) is 4.68 Å². The van der Waals surface area contributed by atoms with Crippen molar-refractivity contribution >= 4 is 19.5 Å². The molecule has 2 radical (unpaired) electrons. The van der Waals surface area contributed by atoms with Crippen molar-refractivity contribution in [3.8, 4) is 6.07 Å². The van der Waals surface area contributed by atoms with Crippen molar-refractivity contribution in [2.75, 3.05) is 0 Å². The van der Waals surface area contributed by atoms with Crippen LogP contribution in [-0.2, 0) is 4.65 Å². The molecule has 0 saturated heterocycles. The highest BCUT2D eigenvalue weighted by atomic mass is 16.4. The normalized spacial score (nSPS) is 12.0. The molecule has 2 aromatic rings. The van der Waals surface area contributed by atoms with Crippen LogP contribution in [0.5, 0.6) is 0 Å². The molecule has 0 aliphatic rings. The summed E-state index contributed by atoms with van der Waals surface area (Å²) < 4.78 is 11.8. The Morgan fingerprint density at radius 1 is 1.29 bits per heavy atom. The summed E-state index contributed by atoms with van der Waals surface area (Å²) in [5, 5.41) is 13.8. The third kappa shape index (κ3) is 2.45. The van der Waals surface area contributed by atoms with Crippen LogP contribution in [-0.4, -0.2) is 22.8 Å². The Morgan fingerprint density at radius 2 is 1.95 bits per heavy atom. The lowest BCUT2D eigenvalue weighted by Crippen LogP contribution is -2.07. The van der Waals surface area contributed by atoms with Gasteiger partial charge in [-0.1, -0.05) is 0 Å². The molecular formula is C14H15BN4O2. The molecule has 0 aliphatic carbocycles. The van der Waals surface area contributed by atoms with Gasteiger partial charge in [0.2, 0.25) is 5.88 Å². The molecule has 0 bridgehead atoms. The fourth-order valence-electron chi connectivity index (χ4n) is 2.10. The van der Waals surface area contributed by atoms with E-state index < -0.39 is 0 Å². The maximum atomic E-state index is 9.48. The largest absolute Gasteiger partial charge is 0.554 e. The Kier molecular flexibility index (Phi) is 3.89. The molecule has 6 nitrogen and oxygen atoms in total. The van der Waals surface area contributed by atoms with Gasteiger partial charge >= 0.3 is 8.05 Å². The van der Waals surface area contributed by atoms with Gasteiger partial charge in [0.05, 0.1) is 5.69 Å². The molecule has 2 aromatic heterocycles. The van der Waals surface area contributed by atoms with E-state index in [1.54, 1.807) is 13.8 Å². The summed E-state index contributed by atoms with van der Waals surface area (Å²) >= 11 is 0. The molecule has 106 valence electrons. The summed E-state index contributed by atoms with van der Waals surface area (Å²) in [6, 6.07) is 2.07. The van der Waals surface area contributed by atoms with Crippen molar-refractivity contribution in [1.82, 2.24) is 14.8 Å². The Morgan fingerprint density at radius 3 is 2.33 bits per heavy atom. The number of rotatable bonds is 3. The van der Waals surface area contributed by atoms with Crippen molar-refractivity contribution in [1.29, 1.82) is 5.26 Å². The Hall–Kier alpha value is -2.49. The highest BCUT2D eigenvalue weighted by Gasteiger charge is 2.21. The third-order valence-electron chi connectivity index (χ3n) is 3.42. The number of oxazole rings is 1. The lowest BCUT2D eigenvalue weighted by Gasteiger charge is -2.11. The molecule has 2 rings (SSSR count). The first-order valence-corrected chi connectivity index (χ1v) is 6.39. The van der Waals surface area contributed by atoms with Gasteiger partial charge in [-0.2, -0.15) is 10.4 Å². The minimum absolute atomic E-state index is 0.127. The minimum atomic E-state index is 0.127. The smallest absolute Gasteiger partial charge is 0.376 e. The summed E-state index contributed by atoms with van der Waals surface area (Å²) in [6.45, 7) is 9.14. The maximum absolute atomic E-state index is 9.48. The lowest BCUT2D eigenvalue weighted by molar-refractivity contribution is 0.493. The molecule has 21 heavy (non-hydrogen) atoms. The van der Waals surface area contributed by atoms with Crippen molar-refractivity contribution in [3.05, 3.63) is 34.3 Å². The standard InChI is InChI=1S/C14H15BN4O2/c1-7-8(2)18-19(9(7)3)14(21-15)12(6-16)13-10(4)20-11(5)17-13/h1-5H3. The zero-order valence-electron chi connectivity index (χ0n) is 12.7. The summed E-state index contributed by atoms with van der Waals surface area (Å²) in [5.41, 5.74) is 3.28. The predicted molar refractivity (Wildman–Crippen MR) is 78.0 cm³/mol. The molecule has 7 heteroatoms. The first kappa shape index (κ1) is 14.9. The topological polar surface area (TPSA) is 76.9 Å². The van der Waals surface area contributed by atoms with Gasteiger partial charge in [-0.05, 0) is 33.3 Å². The molecule has 0 spiro atoms. The second-order valence-corrected chi connectivity index (χ2v) is 4.76. The van der Waals surface area contributed by atoms with Crippen LogP contribution in [0.2, 0.25) is 0 Å². The molecule has 2 heterocycles. The van der Waals surface area contributed by atoms with E-state index in [4.69, 9.17) is 17.1 Å². The quantitative estimate of drug-likeness (QED) is 0.490. The maximum Gasteiger partial charge on any atom is 0.376 e. The fraction of sp³-hybridized carbons (Fsp3) is 0.357. The van der Waals surface area contributed by atoms with Crippen LogP contribution in [0.15, 0.2) is 4.42 Å². The van der Waals surface area contributed by atoms with Crippen LogP contribution in [0, 0.1) is 45.9 Å². The Bertz CT molecular complexity index is 765. The number of allylic oxidation sites excluding steroid dienone is 1. The summed E-state index contributed by atoms with van der Waals surface area (Å²) in [4.78, 5) is 4.21. The predicted octanol–water partition coefficient (Wildman–Crippen LogP) is 2.36. The molecule has 0 saturated carbocycles. The zero-order chi connectivity index (χ0) is 15.7. The van der Waals surface area contributed by atoms with Crippen LogP contribution < -0.4 is 0 Å². The molecule has 0 aliphatic heterocycles. The van der Waals surface area contributed by atoms with Crippen molar-refractivity contribution < 1.29 is 9.07 Å². The van der Waals surface area contributed by atoms with Gasteiger partial charge in [0, 0.05) is 12.6 Å². The highest BCUT2D eigenvalue weighted by Crippen LogP contribution is 2.26. The number of hydrogen-bond acceptors (Lipinski definition) is 5. The van der Waals surface area contributed by atoms with Gasteiger partial charge in [0.25, 0.3) is 0 Å². The highest BCUT2D eigenvalue weighted by molar-refractivity contribution is 6.03. The first-order valence-electron chi connectivity index (χ1n) is 6.39. The SMILES string of the molecule is [B]OC(=C(C#N)c1nc(C)oc1C)n1nc(C)c(C)c1C. The third-order valence-corrected chi connectivity index (χ3v) is 3.42. The van der Waals surface area contributed by atoms with E-state index in [1.807, 2.05) is 20.8 Å². The van der Waals surface area contributed by atoms with Crippen molar-refractivity contribution in [2.24, 2.45) is 0 Å². The van der Waals surface area contributed by atoms with Gasteiger partial charge < -0.3 is 9.07 Å². The first-order chi connectivity index (χ1) is 9.90. The van der Waals surface area contributed by atoms with E-state index in [0.29, 0.717) is 17.3 Å². The van der Waals surface area contributed by atoms with Crippen LogP contribution in [0.1, 0.15) is 34.3 Å². The number of aryl methyl sites for hydroxylation is 3. The summed E-state index contributed by atoms with van der Waals surface area (Å²) in [7, 11) is 5.38. The molecule has 0 N–H and O–H groups in total. The number of hydrogen-bond donors (Lipinski definition) is 0. The second-order valence-electron chi connectivity index (χ2n) is 4.76. The van der Waals surface area contributed by atoms with E-state index in [2.05, 4.69) is 16.2 Å². The number of aromatic nitrogens is 3. The zero-order valence-corrected chi connectivity index (χ0v) is 12.7. The van der Waals surface area contributed by atoms with Crippen molar-refractivity contribution in [3.63, 3.8) is 0 Å². The van der Waals surface area contributed by atoms with Crippen LogP contribution >= 0.6 is 0 Å². The molecule has 0 fully saturated rings. The van der Waals surface area contributed by atoms with Gasteiger partial charge in [-0.3, -0.25) is 0 Å². The summed E-state index contributed by atoms with van der Waals surface area (Å²) in [5.74, 6) is 1.12. The number of nitriles is 1. The average Bonchev–Trinajstić information content (AvgIpc) is 2.90. The number of nitrogens with zero attached hydrogens (tertiary/aromatic N) is 4. The Labute approximate surface area is 124 Å². The average molecular weight is 282 g/mol. The minimum Gasteiger partial charge on any atom is -0.554 e. The van der Waals surface area contributed by atoms with E-state index in [0.717, 1.165) is 17.0 Å². The summed E-state index contributed by atoms with van der Waals surface area (Å²) in [6.07, 6.45) is 0. The van der Waals surface area contributed by atoms with E-state index in [9.17, 15) is 5.26 Å². The molecule has 0 aromatic carbocycles. The second kappa shape index (κ2) is 5.48. The van der Waals surface area contributed by atoms with Crippen LogP contribution in [0.25, 0.3) is 11.5 Å². The van der Waals surface area contributed by atoms with Crippen LogP contribution in [0.3, 0.4) is 0 Å². The molecule has 0 unspecified atom stereocenters.